The van der Waals surface area contributed by atoms with E-state index in [1.807, 2.05) is 78.9 Å². The van der Waals surface area contributed by atoms with Crippen molar-refractivity contribution in [3.63, 3.8) is 0 Å². The van der Waals surface area contributed by atoms with Gasteiger partial charge in [0, 0.05) is 28.8 Å². The maximum Gasteiger partial charge on any atom is 0.255 e. The highest BCUT2D eigenvalue weighted by Gasteiger charge is 2.08. The molecule has 0 saturated heterocycles. The molecule has 0 aliphatic rings. The van der Waals surface area contributed by atoms with Crippen molar-refractivity contribution in [3.8, 4) is 11.5 Å². The third kappa shape index (κ3) is 4.29. The van der Waals surface area contributed by atoms with Gasteiger partial charge in [-0.15, -0.1) is 0 Å². The number of ether oxygens (including phenoxy) is 1. The molecule has 0 atom stereocenters. The molecule has 0 spiro atoms. The number of nitrogens with zero attached hydrogens (tertiary/aromatic N) is 1. The minimum Gasteiger partial charge on any atom is -0.465 e. The lowest BCUT2D eigenvalue weighted by Gasteiger charge is -2.09. The molecule has 32 heavy (non-hydrogen) atoms. The van der Waals surface area contributed by atoms with Crippen LogP contribution in [0, 0.1) is 0 Å². The van der Waals surface area contributed by atoms with E-state index in [1.54, 1.807) is 24.5 Å². The molecule has 0 aliphatic heterocycles. The summed E-state index contributed by atoms with van der Waals surface area (Å²) in [6.45, 7) is 0. The number of aromatic amines is 1. The lowest BCUT2D eigenvalue weighted by atomic mass is 10.2. The van der Waals surface area contributed by atoms with Gasteiger partial charge in [0.2, 0.25) is 0 Å². The Morgan fingerprint density at radius 1 is 0.906 bits per heavy atom. The molecule has 6 heteroatoms. The van der Waals surface area contributed by atoms with Crippen LogP contribution in [0.3, 0.4) is 0 Å². The summed E-state index contributed by atoms with van der Waals surface area (Å²) in [6, 6.07) is 25.8. The summed E-state index contributed by atoms with van der Waals surface area (Å²) >= 11 is 0. The first-order chi connectivity index (χ1) is 15.7. The summed E-state index contributed by atoms with van der Waals surface area (Å²) in [7, 11) is 0. The lowest BCUT2D eigenvalue weighted by molar-refractivity contribution is 0.102. The van der Waals surface area contributed by atoms with E-state index in [0.717, 1.165) is 22.4 Å². The average Bonchev–Trinajstić information content (AvgIpc) is 3.48. The number of rotatable bonds is 6. The van der Waals surface area contributed by atoms with Crippen LogP contribution in [0.1, 0.15) is 21.8 Å². The number of fused-ring (bicyclic) bond motifs is 1. The van der Waals surface area contributed by atoms with Crippen LogP contribution in [0.5, 0.6) is 11.5 Å². The highest BCUT2D eigenvalue weighted by molar-refractivity contribution is 6.04. The second-order valence-corrected chi connectivity index (χ2v) is 7.12. The van der Waals surface area contributed by atoms with Gasteiger partial charge >= 0.3 is 0 Å². The van der Waals surface area contributed by atoms with Crippen LogP contribution >= 0.6 is 0 Å². The number of carbonyl (C=O) groups excluding carboxylic acids is 1. The minimum atomic E-state index is -0.170. The third-order valence-electron chi connectivity index (χ3n) is 4.88. The molecular weight excluding hydrogens is 402 g/mol. The number of amides is 1. The van der Waals surface area contributed by atoms with Gasteiger partial charge in [-0.3, -0.25) is 9.89 Å². The topological polar surface area (TPSA) is 80.2 Å². The zero-order chi connectivity index (χ0) is 21.8. The van der Waals surface area contributed by atoms with Crippen LogP contribution in [0.2, 0.25) is 0 Å². The maximum atomic E-state index is 12.4. The van der Waals surface area contributed by atoms with E-state index in [4.69, 9.17) is 9.15 Å². The Labute approximate surface area is 184 Å². The summed E-state index contributed by atoms with van der Waals surface area (Å²) in [6.07, 6.45) is 5.40. The number of anilines is 1. The highest BCUT2D eigenvalue weighted by Crippen LogP contribution is 2.28. The number of benzene rings is 3. The number of aromatic nitrogens is 2. The molecule has 5 rings (SSSR count). The molecule has 0 unspecified atom stereocenters. The Kier molecular flexibility index (Phi) is 5.24. The zero-order valence-corrected chi connectivity index (χ0v) is 17.0. The van der Waals surface area contributed by atoms with Crippen molar-refractivity contribution >= 4 is 34.6 Å². The number of H-pyrrole nitrogens is 1. The fourth-order valence-electron chi connectivity index (χ4n) is 3.32. The normalized spacial score (nSPS) is 11.1. The third-order valence-corrected chi connectivity index (χ3v) is 4.88. The Balaban J connectivity index is 1.31. The number of nitrogens with one attached hydrogen (secondary N) is 2. The van der Waals surface area contributed by atoms with Crippen molar-refractivity contribution in [1.82, 2.24) is 10.2 Å². The molecule has 2 heterocycles. The van der Waals surface area contributed by atoms with Crippen molar-refractivity contribution in [2.24, 2.45) is 0 Å². The predicted molar refractivity (Wildman–Crippen MR) is 125 cm³/mol. The fraction of sp³-hybridized carbons (Fsp3) is 0. The first kappa shape index (κ1) is 19.4. The zero-order valence-electron chi connectivity index (χ0n) is 17.0. The summed E-state index contributed by atoms with van der Waals surface area (Å²) < 4.78 is 11.3. The molecule has 6 nitrogen and oxygen atoms in total. The van der Waals surface area contributed by atoms with Crippen LogP contribution < -0.4 is 10.1 Å². The van der Waals surface area contributed by atoms with Crippen LogP contribution in [0.15, 0.2) is 95.6 Å². The van der Waals surface area contributed by atoms with Gasteiger partial charge in [0.25, 0.3) is 5.91 Å². The smallest absolute Gasteiger partial charge is 0.255 e. The largest absolute Gasteiger partial charge is 0.465 e. The van der Waals surface area contributed by atoms with Gasteiger partial charge in [0.1, 0.15) is 17.3 Å². The molecule has 0 aliphatic carbocycles. The van der Waals surface area contributed by atoms with Gasteiger partial charge in [-0.25, -0.2) is 0 Å². The SMILES string of the molecule is O=C(Nc1cccc(Oc2ccc3c(/C=C/c4ccco4)n[nH]c3c2)c1)c1ccccc1. The molecular formula is C26H19N3O3. The van der Waals surface area contributed by atoms with Gasteiger partial charge in [-0.05, 0) is 60.7 Å². The van der Waals surface area contributed by atoms with Gasteiger partial charge in [0.05, 0.1) is 17.5 Å². The van der Waals surface area contributed by atoms with Crippen molar-refractivity contribution < 1.29 is 13.9 Å². The molecule has 3 aromatic carbocycles. The van der Waals surface area contributed by atoms with Crippen LogP contribution in [-0.4, -0.2) is 16.1 Å². The highest BCUT2D eigenvalue weighted by atomic mass is 16.5. The number of hydrogen-bond acceptors (Lipinski definition) is 4. The summed E-state index contributed by atoms with van der Waals surface area (Å²) in [5, 5.41) is 11.3. The summed E-state index contributed by atoms with van der Waals surface area (Å²) in [4.78, 5) is 12.4. The van der Waals surface area contributed by atoms with Crippen LogP contribution in [0.4, 0.5) is 5.69 Å². The van der Waals surface area contributed by atoms with Gasteiger partial charge in [0.15, 0.2) is 0 Å². The number of hydrogen-bond donors (Lipinski definition) is 2. The van der Waals surface area contributed by atoms with E-state index in [2.05, 4.69) is 15.5 Å². The van der Waals surface area contributed by atoms with Crippen molar-refractivity contribution in [1.29, 1.82) is 0 Å². The maximum absolute atomic E-state index is 12.4. The van der Waals surface area contributed by atoms with E-state index in [-0.39, 0.29) is 5.91 Å². The molecule has 156 valence electrons. The Hall–Kier alpha value is -4.58. The molecule has 0 bridgehead atoms. The second-order valence-electron chi connectivity index (χ2n) is 7.12. The quantitative estimate of drug-likeness (QED) is 0.334. The van der Waals surface area contributed by atoms with Gasteiger partial charge in [-0.2, -0.15) is 5.10 Å². The summed E-state index contributed by atoms with van der Waals surface area (Å²) in [5.74, 6) is 1.87. The van der Waals surface area contributed by atoms with E-state index >= 15 is 0 Å². The number of carbonyl (C=O) groups is 1. The predicted octanol–water partition coefficient (Wildman–Crippen LogP) is 6.37. The molecule has 0 fully saturated rings. The molecule has 2 N–H and O–H groups in total. The Morgan fingerprint density at radius 2 is 1.78 bits per heavy atom. The molecule has 5 aromatic rings. The first-order valence-electron chi connectivity index (χ1n) is 10.1. The second kappa shape index (κ2) is 8.65. The Bertz CT molecular complexity index is 1390. The Morgan fingerprint density at radius 3 is 2.62 bits per heavy atom. The average molecular weight is 421 g/mol. The molecule has 0 radical (unpaired) electrons. The van der Waals surface area contributed by atoms with Crippen molar-refractivity contribution in [2.75, 3.05) is 5.32 Å². The van der Waals surface area contributed by atoms with E-state index < -0.39 is 0 Å². The first-order valence-corrected chi connectivity index (χ1v) is 10.1. The van der Waals surface area contributed by atoms with E-state index in [9.17, 15) is 4.79 Å². The van der Waals surface area contributed by atoms with E-state index in [1.165, 1.54) is 0 Å². The monoisotopic (exact) mass is 421 g/mol. The minimum absolute atomic E-state index is 0.170. The van der Waals surface area contributed by atoms with E-state index in [0.29, 0.717) is 22.7 Å². The molecule has 0 saturated carbocycles. The van der Waals surface area contributed by atoms with Crippen molar-refractivity contribution in [2.45, 2.75) is 0 Å². The van der Waals surface area contributed by atoms with Gasteiger partial charge in [-0.1, -0.05) is 24.3 Å². The van der Waals surface area contributed by atoms with Crippen LogP contribution in [-0.2, 0) is 0 Å². The lowest BCUT2D eigenvalue weighted by Crippen LogP contribution is -2.11. The molecule has 1 amide bonds. The fourth-order valence-corrected chi connectivity index (χ4v) is 3.32. The standard InChI is InChI=1S/C26H19N3O3/c30-26(18-6-2-1-3-7-18)27-19-8-4-9-21(16-19)32-22-11-13-23-24(28-29-25(23)17-22)14-12-20-10-5-15-31-20/h1-17H,(H,27,30)(H,28,29)/b14-12+. The van der Waals surface area contributed by atoms with Crippen LogP contribution in [0.25, 0.3) is 23.1 Å². The number of furan rings is 1. The summed E-state index contributed by atoms with van der Waals surface area (Å²) in [5.41, 5.74) is 2.92. The van der Waals surface area contributed by atoms with Crippen molar-refractivity contribution in [3.05, 3.63) is 108 Å². The van der Waals surface area contributed by atoms with Gasteiger partial charge < -0.3 is 14.5 Å². The molecule has 2 aromatic heterocycles.